The molecule has 208 valence electrons. The van der Waals surface area contributed by atoms with Crippen molar-refractivity contribution >= 4 is 75.8 Å². The van der Waals surface area contributed by atoms with Crippen molar-refractivity contribution in [2.24, 2.45) is 0 Å². The van der Waals surface area contributed by atoms with Crippen LogP contribution < -0.4 is 0 Å². The van der Waals surface area contributed by atoms with Crippen molar-refractivity contribution in [3.63, 3.8) is 0 Å². The molecule has 0 saturated carbocycles. The van der Waals surface area contributed by atoms with Crippen LogP contribution in [0.4, 0.5) is 0 Å². The first-order chi connectivity index (χ1) is 18.5. The molecule has 4 rings (SSSR count). The van der Waals surface area contributed by atoms with Crippen molar-refractivity contribution in [2.75, 3.05) is 6.61 Å². The van der Waals surface area contributed by atoms with E-state index in [1.165, 1.54) is 42.3 Å². The lowest BCUT2D eigenvalue weighted by Crippen LogP contribution is -2.57. The number of esters is 3. The fourth-order valence-corrected chi connectivity index (χ4v) is 6.24. The third-order valence-electron chi connectivity index (χ3n) is 5.28. The fourth-order valence-electron chi connectivity index (χ4n) is 3.82. The zero-order valence-electron chi connectivity index (χ0n) is 20.4. The van der Waals surface area contributed by atoms with Gasteiger partial charge in [-0.2, -0.15) is 0 Å². The number of carbonyl (C=O) groups is 3. The molecule has 1 saturated heterocycles. The van der Waals surface area contributed by atoms with Gasteiger partial charge in [-0.05, 0) is 12.1 Å². The van der Waals surface area contributed by atoms with E-state index in [1.54, 1.807) is 18.3 Å². The molecule has 0 N–H and O–H groups in total. The SMILES string of the molecule is CC(=O)OCC1O[C@H](Sc2cc(Cl)c(Cl)c(Cl)c2)C(OC(C)=O)[C@@H](n2cc(-c3nncs3)nn2)[C@H]1OC(C)=O. The van der Waals surface area contributed by atoms with Crippen molar-refractivity contribution in [3.8, 4) is 10.7 Å². The van der Waals surface area contributed by atoms with Crippen LogP contribution >= 0.6 is 57.9 Å². The molecule has 3 aromatic rings. The topological polar surface area (TPSA) is 145 Å². The molecule has 1 aromatic carbocycles. The van der Waals surface area contributed by atoms with Gasteiger partial charge in [0, 0.05) is 25.7 Å². The Morgan fingerprint density at radius 2 is 1.69 bits per heavy atom. The molecule has 5 atom stereocenters. The molecule has 3 heterocycles. The van der Waals surface area contributed by atoms with E-state index >= 15 is 0 Å². The van der Waals surface area contributed by atoms with Gasteiger partial charge in [-0.15, -0.1) is 15.3 Å². The zero-order valence-corrected chi connectivity index (χ0v) is 24.3. The Balaban J connectivity index is 1.80. The summed E-state index contributed by atoms with van der Waals surface area (Å²) in [6.07, 6.45) is -1.61. The summed E-state index contributed by atoms with van der Waals surface area (Å²) in [5.41, 5.74) is 0.994. The molecular formula is C22H20Cl3N5O7S2. The minimum absolute atomic E-state index is 0.177. The van der Waals surface area contributed by atoms with Gasteiger partial charge >= 0.3 is 17.9 Å². The molecule has 0 spiro atoms. The smallest absolute Gasteiger partial charge is 0.303 e. The summed E-state index contributed by atoms with van der Waals surface area (Å²) in [5, 5.41) is 17.3. The van der Waals surface area contributed by atoms with Crippen LogP contribution in [0.25, 0.3) is 10.7 Å². The summed E-state index contributed by atoms with van der Waals surface area (Å²) in [7, 11) is 0. The number of hydrogen-bond acceptors (Lipinski definition) is 13. The highest BCUT2D eigenvalue weighted by Gasteiger charge is 2.52. The lowest BCUT2D eigenvalue weighted by atomic mass is 9.96. The normalized spacial score (nSPS) is 22.8. The third-order valence-corrected chi connectivity index (χ3v) is 8.31. The molecule has 1 aliphatic rings. The summed E-state index contributed by atoms with van der Waals surface area (Å²) >= 11 is 20.9. The Morgan fingerprint density at radius 3 is 2.28 bits per heavy atom. The van der Waals surface area contributed by atoms with E-state index in [-0.39, 0.29) is 21.7 Å². The van der Waals surface area contributed by atoms with E-state index in [0.717, 1.165) is 11.8 Å². The number of aromatic nitrogens is 5. The Morgan fingerprint density at radius 1 is 1.03 bits per heavy atom. The van der Waals surface area contributed by atoms with Gasteiger partial charge in [0.2, 0.25) is 0 Å². The summed E-state index contributed by atoms with van der Waals surface area (Å²) in [6, 6.07) is 2.19. The van der Waals surface area contributed by atoms with Gasteiger partial charge in [-0.1, -0.05) is 63.1 Å². The number of hydrogen-bond donors (Lipinski definition) is 0. The highest BCUT2D eigenvalue weighted by molar-refractivity contribution is 7.99. The van der Waals surface area contributed by atoms with Gasteiger partial charge in [-0.25, -0.2) is 4.68 Å². The van der Waals surface area contributed by atoms with Crippen LogP contribution in [0.3, 0.4) is 0 Å². The number of thioether (sulfide) groups is 1. The maximum atomic E-state index is 12.3. The average Bonchev–Trinajstić information content (AvgIpc) is 3.55. The molecule has 2 unspecified atom stereocenters. The molecule has 0 amide bonds. The third kappa shape index (κ3) is 7.18. The molecule has 1 aliphatic heterocycles. The Bertz CT molecular complexity index is 1340. The number of nitrogens with zero attached hydrogens (tertiary/aromatic N) is 5. The van der Waals surface area contributed by atoms with E-state index in [2.05, 4.69) is 20.5 Å². The standard InChI is InChI=1S/C22H20Cl3N5O7S2/c1-9(31)34-7-16-19(35-10(2)32)18(30-6-15(27-29-30)21-28-26-8-38-21)20(36-11(3)33)22(37-16)39-12-4-13(23)17(25)14(24)5-12/h4-6,8,16,18-20,22H,7H2,1-3H3/t16?,18-,19-,20?,22+/m0/s1. The molecular weight excluding hydrogens is 617 g/mol. The number of carbonyl (C=O) groups excluding carboxylic acids is 3. The van der Waals surface area contributed by atoms with Crippen molar-refractivity contribution in [3.05, 3.63) is 38.9 Å². The number of rotatable bonds is 8. The molecule has 17 heteroatoms. The minimum Gasteiger partial charge on any atom is -0.463 e. The maximum Gasteiger partial charge on any atom is 0.303 e. The molecule has 0 radical (unpaired) electrons. The fraction of sp³-hybridized carbons (Fsp3) is 0.409. The number of ether oxygens (including phenoxy) is 4. The predicted octanol–water partition coefficient (Wildman–Crippen LogP) is 4.24. The highest BCUT2D eigenvalue weighted by Crippen LogP contribution is 2.43. The second-order valence-electron chi connectivity index (χ2n) is 8.13. The molecule has 39 heavy (non-hydrogen) atoms. The van der Waals surface area contributed by atoms with Crippen LogP contribution in [0.5, 0.6) is 0 Å². The first-order valence-electron chi connectivity index (χ1n) is 11.2. The lowest BCUT2D eigenvalue weighted by Gasteiger charge is -2.44. The maximum absolute atomic E-state index is 12.3. The number of halogens is 3. The van der Waals surface area contributed by atoms with Crippen LogP contribution in [0.15, 0.2) is 28.7 Å². The monoisotopic (exact) mass is 635 g/mol. The summed E-state index contributed by atoms with van der Waals surface area (Å²) in [6.45, 7) is 3.41. The highest BCUT2D eigenvalue weighted by atomic mass is 35.5. The van der Waals surface area contributed by atoms with Crippen molar-refractivity contribution in [1.82, 2.24) is 25.2 Å². The van der Waals surface area contributed by atoms with Crippen LogP contribution in [0.1, 0.15) is 26.8 Å². The Labute approximate surface area is 245 Å². The Kier molecular flexibility index (Phi) is 9.67. The van der Waals surface area contributed by atoms with Gasteiger partial charge in [0.1, 0.15) is 35.4 Å². The van der Waals surface area contributed by atoms with Gasteiger partial charge < -0.3 is 18.9 Å². The van der Waals surface area contributed by atoms with Gasteiger partial charge in [-0.3, -0.25) is 14.4 Å². The number of benzene rings is 1. The van der Waals surface area contributed by atoms with Crippen molar-refractivity contribution in [1.29, 1.82) is 0 Å². The van der Waals surface area contributed by atoms with E-state index in [0.29, 0.717) is 15.6 Å². The Hall–Kier alpha value is -2.49. The van der Waals surface area contributed by atoms with Crippen molar-refractivity contribution in [2.45, 2.75) is 55.5 Å². The van der Waals surface area contributed by atoms with Crippen LogP contribution in [-0.4, -0.2) is 73.5 Å². The van der Waals surface area contributed by atoms with Crippen LogP contribution in [0.2, 0.25) is 15.1 Å². The predicted molar refractivity (Wildman–Crippen MR) is 142 cm³/mol. The molecule has 0 aliphatic carbocycles. The van der Waals surface area contributed by atoms with E-state index in [1.807, 2.05) is 0 Å². The van der Waals surface area contributed by atoms with Crippen LogP contribution in [0, 0.1) is 0 Å². The zero-order chi connectivity index (χ0) is 28.3. The quantitative estimate of drug-likeness (QED) is 0.198. The van der Waals surface area contributed by atoms with Gasteiger partial charge in [0.05, 0.1) is 21.3 Å². The largest absolute Gasteiger partial charge is 0.463 e. The second kappa shape index (κ2) is 12.8. The second-order valence-corrected chi connectivity index (χ2v) is 11.3. The molecule has 1 fully saturated rings. The summed E-state index contributed by atoms with van der Waals surface area (Å²) in [5.74, 6) is -1.84. The summed E-state index contributed by atoms with van der Waals surface area (Å²) in [4.78, 5) is 36.6. The first kappa shape index (κ1) is 29.5. The van der Waals surface area contributed by atoms with Gasteiger partial charge in [0.25, 0.3) is 0 Å². The van der Waals surface area contributed by atoms with Crippen molar-refractivity contribution < 1.29 is 33.3 Å². The summed E-state index contributed by atoms with van der Waals surface area (Å²) < 4.78 is 24.2. The first-order valence-corrected chi connectivity index (χ1v) is 14.1. The minimum atomic E-state index is -1.11. The van der Waals surface area contributed by atoms with E-state index in [4.69, 9.17) is 53.8 Å². The lowest BCUT2D eigenvalue weighted by molar-refractivity contribution is -0.212. The van der Waals surface area contributed by atoms with E-state index in [9.17, 15) is 14.4 Å². The molecule has 2 aromatic heterocycles. The average molecular weight is 637 g/mol. The van der Waals surface area contributed by atoms with Crippen LogP contribution in [-0.2, 0) is 33.3 Å². The van der Waals surface area contributed by atoms with E-state index < -0.39 is 47.7 Å². The molecule has 12 nitrogen and oxygen atoms in total. The molecule has 0 bridgehead atoms. The van der Waals surface area contributed by atoms with Gasteiger partial charge in [0.15, 0.2) is 17.2 Å².